The van der Waals surface area contributed by atoms with Crippen LogP contribution in [0.25, 0.3) is 11.5 Å². The summed E-state index contributed by atoms with van der Waals surface area (Å²) in [6, 6.07) is 21.8. The minimum absolute atomic E-state index is 0.103. The van der Waals surface area contributed by atoms with E-state index in [1.165, 1.54) is 5.56 Å². The van der Waals surface area contributed by atoms with Crippen molar-refractivity contribution in [1.82, 2.24) is 19.7 Å². The van der Waals surface area contributed by atoms with Gasteiger partial charge in [-0.1, -0.05) is 48.0 Å². The van der Waals surface area contributed by atoms with Gasteiger partial charge in [-0.05, 0) is 43.7 Å². The molecule has 0 radical (unpaired) electrons. The summed E-state index contributed by atoms with van der Waals surface area (Å²) in [7, 11) is 0. The van der Waals surface area contributed by atoms with Crippen LogP contribution in [0.1, 0.15) is 34.5 Å². The van der Waals surface area contributed by atoms with Gasteiger partial charge in [-0.3, -0.25) is 4.79 Å². The smallest absolute Gasteiger partial charge is 0.257 e. The molecule has 140 valence electrons. The Morgan fingerprint density at radius 3 is 2.32 bits per heavy atom. The molecule has 0 bridgehead atoms. The van der Waals surface area contributed by atoms with E-state index in [-0.39, 0.29) is 11.9 Å². The molecule has 0 spiro atoms. The zero-order chi connectivity index (χ0) is 19.5. The average Bonchev–Trinajstić information content (AvgIpc) is 3.38. The Hall–Kier alpha value is -3.60. The molecule has 0 aliphatic carbocycles. The molecule has 2 aromatic carbocycles. The molecule has 2 heterocycles. The summed E-state index contributed by atoms with van der Waals surface area (Å²) >= 11 is 0. The van der Waals surface area contributed by atoms with Gasteiger partial charge < -0.3 is 9.88 Å². The number of rotatable bonds is 5. The molecule has 1 amide bonds. The van der Waals surface area contributed by atoms with Crippen molar-refractivity contribution in [2.24, 2.45) is 0 Å². The third-order valence-electron chi connectivity index (χ3n) is 4.76. The van der Waals surface area contributed by atoms with Crippen LogP contribution in [-0.2, 0) is 0 Å². The van der Waals surface area contributed by atoms with Crippen molar-refractivity contribution in [3.8, 4) is 11.5 Å². The number of nitrogens with one attached hydrogen (secondary N) is 1. The highest BCUT2D eigenvalue weighted by atomic mass is 16.1. The van der Waals surface area contributed by atoms with E-state index < -0.39 is 0 Å². The maximum Gasteiger partial charge on any atom is 0.257 e. The van der Waals surface area contributed by atoms with Gasteiger partial charge in [0.15, 0.2) is 5.82 Å². The zero-order valence-corrected chi connectivity index (χ0v) is 15.9. The largest absolute Gasteiger partial charge is 0.345 e. The Balaban J connectivity index is 1.71. The zero-order valence-electron chi connectivity index (χ0n) is 15.9. The Labute approximate surface area is 164 Å². The van der Waals surface area contributed by atoms with Gasteiger partial charge in [-0.25, -0.2) is 4.68 Å². The maximum absolute atomic E-state index is 13.1. The van der Waals surface area contributed by atoms with Crippen LogP contribution in [0.2, 0.25) is 0 Å². The van der Waals surface area contributed by atoms with Crippen molar-refractivity contribution in [2.45, 2.75) is 19.9 Å². The lowest BCUT2D eigenvalue weighted by Gasteiger charge is -2.15. The Kier molecular flexibility index (Phi) is 4.81. The topological polar surface area (TPSA) is 51.9 Å². The molecule has 1 N–H and O–H groups in total. The van der Waals surface area contributed by atoms with Crippen molar-refractivity contribution in [2.75, 3.05) is 0 Å². The van der Waals surface area contributed by atoms with Crippen LogP contribution in [0.4, 0.5) is 0 Å². The highest BCUT2D eigenvalue weighted by Gasteiger charge is 2.21. The van der Waals surface area contributed by atoms with E-state index in [9.17, 15) is 4.79 Å². The van der Waals surface area contributed by atoms with Gasteiger partial charge >= 0.3 is 0 Å². The van der Waals surface area contributed by atoms with E-state index in [1.54, 1.807) is 10.9 Å². The molecular formula is C23H22N4O. The van der Waals surface area contributed by atoms with Gasteiger partial charge in [0, 0.05) is 12.4 Å². The summed E-state index contributed by atoms with van der Waals surface area (Å²) in [6.07, 6.45) is 5.46. The monoisotopic (exact) mass is 370 g/mol. The first-order valence-electron chi connectivity index (χ1n) is 9.27. The van der Waals surface area contributed by atoms with E-state index in [2.05, 4.69) is 10.4 Å². The third-order valence-corrected chi connectivity index (χ3v) is 4.76. The van der Waals surface area contributed by atoms with E-state index in [1.807, 2.05) is 97.5 Å². The quantitative estimate of drug-likeness (QED) is 0.564. The summed E-state index contributed by atoms with van der Waals surface area (Å²) in [5.74, 6) is 0.560. The SMILES string of the molecule is Cc1ccc(-n2ncc(C(=O)N[C@H](C)c3ccccc3)c2-n2cccc2)cc1. The lowest BCUT2D eigenvalue weighted by atomic mass is 10.1. The van der Waals surface area contributed by atoms with Crippen LogP contribution in [0.3, 0.4) is 0 Å². The molecule has 0 aliphatic heterocycles. The van der Waals surface area contributed by atoms with Crippen LogP contribution in [0, 0.1) is 6.92 Å². The summed E-state index contributed by atoms with van der Waals surface area (Å²) < 4.78 is 3.70. The molecule has 5 nitrogen and oxygen atoms in total. The minimum atomic E-state index is -0.154. The van der Waals surface area contributed by atoms with Crippen LogP contribution >= 0.6 is 0 Å². The van der Waals surface area contributed by atoms with Crippen molar-refractivity contribution in [1.29, 1.82) is 0 Å². The van der Waals surface area contributed by atoms with Crippen LogP contribution < -0.4 is 5.32 Å². The molecule has 0 aliphatic rings. The molecule has 0 fully saturated rings. The summed E-state index contributed by atoms with van der Waals surface area (Å²) in [5, 5.41) is 7.59. The highest BCUT2D eigenvalue weighted by Crippen LogP contribution is 2.21. The lowest BCUT2D eigenvalue weighted by molar-refractivity contribution is 0.0940. The second kappa shape index (κ2) is 7.56. The Morgan fingerprint density at radius 2 is 1.64 bits per heavy atom. The predicted octanol–water partition coefficient (Wildman–Crippen LogP) is 4.46. The number of hydrogen-bond donors (Lipinski definition) is 1. The second-order valence-electron chi connectivity index (χ2n) is 6.83. The van der Waals surface area contributed by atoms with E-state index >= 15 is 0 Å². The fraction of sp³-hybridized carbons (Fsp3) is 0.130. The molecule has 4 rings (SSSR count). The van der Waals surface area contributed by atoms with Gasteiger partial charge in [0.25, 0.3) is 5.91 Å². The molecule has 0 unspecified atom stereocenters. The number of hydrogen-bond acceptors (Lipinski definition) is 2. The number of carbonyl (C=O) groups is 1. The van der Waals surface area contributed by atoms with E-state index in [0.717, 1.165) is 11.3 Å². The fourth-order valence-corrected chi connectivity index (χ4v) is 3.20. The first kappa shape index (κ1) is 17.8. The van der Waals surface area contributed by atoms with Gasteiger partial charge in [0.1, 0.15) is 5.56 Å². The van der Waals surface area contributed by atoms with Crippen molar-refractivity contribution >= 4 is 5.91 Å². The van der Waals surface area contributed by atoms with Crippen LogP contribution in [-0.4, -0.2) is 20.3 Å². The maximum atomic E-state index is 13.1. The lowest BCUT2D eigenvalue weighted by Crippen LogP contribution is -2.27. The average molecular weight is 370 g/mol. The Bertz CT molecular complexity index is 1060. The van der Waals surface area contributed by atoms with E-state index in [4.69, 9.17) is 0 Å². The van der Waals surface area contributed by atoms with Crippen molar-refractivity contribution in [3.63, 3.8) is 0 Å². The summed E-state index contributed by atoms with van der Waals surface area (Å²) in [5.41, 5.74) is 3.67. The fourth-order valence-electron chi connectivity index (χ4n) is 3.20. The van der Waals surface area contributed by atoms with Gasteiger partial charge in [0.05, 0.1) is 17.9 Å². The number of benzene rings is 2. The first-order valence-corrected chi connectivity index (χ1v) is 9.27. The molecule has 4 aromatic rings. The summed E-state index contributed by atoms with van der Waals surface area (Å²) in [4.78, 5) is 13.1. The molecule has 5 heteroatoms. The van der Waals surface area contributed by atoms with Gasteiger partial charge in [0.2, 0.25) is 0 Å². The van der Waals surface area contributed by atoms with Crippen molar-refractivity contribution in [3.05, 3.63) is 102 Å². The molecule has 0 saturated carbocycles. The molecule has 28 heavy (non-hydrogen) atoms. The first-order chi connectivity index (χ1) is 13.6. The second-order valence-corrected chi connectivity index (χ2v) is 6.83. The molecule has 1 atom stereocenters. The highest BCUT2D eigenvalue weighted by molar-refractivity contribution is 5.97. The van der Waals surface area contributed by atoms with Crippen LogP contribution in [0.5, 0.6) is 0 Å². The van der Waals surface area contributed by atoms with Gasteiger partial charge in [-0.2, -0.15) is 5.10 Å². The number of aromatic nitrogens is 3. The van der Waals surface area contributed by atoms with Crippen molar-refractivity contribution < 1.29 is 4.79 Å². The number of carbonyl (C=O) groups excluding carboxylic acids is 1. The normalized spacial score (nSPS) is 11.9. The van der Waals surface area contributed by atoms with E-state index in [0.29, 0.717) is 11.4 Å². The standard InChI is InChI=1S/C23H22N4O/c1-17-10-12-20(13-11-17)27-23(26-14-6-7-15-26)21(16-24-27)22(28)25-18(2)19-8-4-3-5-9-19/h3-16,18H,1-2H3,(H,25,28)/t18-/m1/s1. The molecule has 2 aromatic heterocycles. The van der Waals surface area contributed by atoms with Gasteiger partial charge in [-0.15, -0.1) is 0 Å². The molecule has 0 saturated heterocycles. The minimum Gasteiger partial charge on any atom is -0.345 e. The Morgan fingerprint density at radius 1 is 0.964 bits per heavy atom. The number of aryl methyl sites for hydroxylation is 1. The number of amides is 1. The van der Waals surface area contributed by atoms with Crippen LogP contribution in [0.15, 0.2) is 85.3 Å². The third kappa shape index (κ3) is 3.47. The summed E-state index contributed by atoms with van der Waals surface area (Å²) in [6.45, 7) is 4.02. The molecular weight excluding hydrogens is 348 g/mol. The predicted molar refractivity (Wildman–Crippen MR) is 110 cm³/mol. The number of nitrogens with zero attached hydrogens (tertiary/aromatic N) is 3.